The molecule has 8 heteroatoms. The average molecular weight is 394 g/mol. The van der Waals surface area contributed by atoms with Crippen LogP contribution in [0, 0.1) is 0 Å². The van der Waals surface area contributed by atoms with Crippen LogP contribution >= 0.6 is 11.6 Å². The Labute approximate surface area is 165 Å². The number of rotatable bonds is 3. The summed E-state index contributed by atoms with van der Waals surface area (Å²) in [6, 6.07) is 13.3. The van der Waals surface area contributed by atoms with E-state index in [0.717, 1.165) is 27.7 Å². The standard InChI is InChI=1S/C20H16ClN5O2/c1-22-19(27)20(28)25-17-10-23-16-7-6-12(8-14(16)17)13-9-24-26(11-13)18-5-3-2-4-15(18)21/h2-11,23H,1H3,(H,22,27)(H,25,28). The molecule has 0 aliphatic heterocycles. The number of fused-ring (bicyclic) bond motifs is 1. The van der Waals surface area contributed by atoms with E-state index in [1.807, 2.05) is 48.7 Å². The van der Waals surface area contributed by atoms with Crippen LogP contribution in [-0.2, 0) is 9.59 Å². The van der Waals surface area contributed by atoms with Gasteiger partial charge in [-0.25, -0.2) is 4.68 Å². The molecule has 140 valence electrons. The van der Waals surface area contributed by atoms with Crippen LogP contribution in [0.5, 0.6) is 0 Å². The fourth-order valence-corrected chi connectivity index (χ4v) is 3.16. The first-order valence-corrected chi connectivity index (χ1v) is 8.89. The van der Waals surface area contributed by atoms with Crippen molar-refractivity contribution in [3.8, 4) is 16.8 Å². The van der Waals surface area contributed by atoms with Gasteiger partial charge in [-0.1, -0.05) is 29.8 Å². The van der Waals surface area contributed by atoms with E-state index in [0.29, 0.717) is 10.7 Å². The van der Waals surface area contributed by atoms with Gasteiger partial charge in [0.1, 0.15) is 0 Å². The highest BCUT2D eigenvalue weighted by atomic mass is 35.5. The van der Waals surface area contributed by atoms with Gasteiger partial charge in [0, 0.05) is 35.9 Å². The van der Waals surface area contributed by atoms with Crippen molar-refractivity contribution in [2.24, 2.45) is 0 Å². The lowest BCUT2D eigenvalue weighted by Gasteiger charge is -2.04. The number of aromatic amines is 1. The average Bonchev–Trinajstić information content (AvgIpc) is 3.35. The Hall–Kier alpha value is -3.58. The maximum Gasteiger partial charge on any atom is 0.313 e. The summed E-state index contributed by atoms with van der Waals surface area (Å²) in [7, 11) is 1.41. The van der Waals surface area contributed by atoms with Gasteiger partial charge in [0.15, 0.2) is 0 Å². The number of nitrogens with zero attached hydrogens (tertiary/aromatic N) is 2. The molecule has 7 nitrogen and oxygen atoms in total. The lowest BCUT2D eigenvalue weighted by atomic mass is 10.1. The molecule has 0 aliphatic carbocycles. The van der Waals surface area contributed by atoms with E-state index in [2.05, 4.69) is 20.7 Å². The number of carbonyl (C=O) groups is 2. The third-order valence-corrected chi connectivity index (χ3v) is 4.70. The van der Waals surface area contributed by atoms with Crippen molar-refractivity contribution >= 4 is 40.0 Å². The van der Waals surface area contributed by atoms with E-state index in [-0.39, 0.29) is 0 Å². The van der Waals surface area contributed by atoms with Gasteiger partial charge < -0.3 is 15.6 Å². The molecule has 0 fully saturated rings. The minimum absolute atomic E-state index is 0.531. The zero-order valence-electron chi connectivity index (χ0n) is 14.9. The Morgan fingerprint density at radius 3 is 2.71 bits per heavy atom. The maximum atomic E-state index is 11.9. The van der Waals surface area contributed by atoms with Gasteiger partial charge in [-0.2, -0.15) is 5.10 Å². The second kappa shape index (κ2) is 7.21. The molecule has 28 heavy (non-hydrogen) atoms. The first-order valence-electron chi connectivity index (χ1n) is 8.51. The van der Waals surface area contributed by atoms with E-state index in [1.54, 1.807) is 17.1 Å². The number of amides is 2. The number of H-pyrrole nitrogens is 1. The second-order valence-electron chi connectivity index (χ2n) is 6.12. The summed E-state index contributed by atoms with van der Waals surface area (Å²) in [5.41, 5.74) is 3.97. The van der Waals surface area contributed by atoms with Crippen molar-refractivity contribution in [2.75, 3.05) is 12.4 Å². The third-order valence-electron chi connectivity index (χ3n) is 4.38. The van der Waals surface area contributed by atoms with Gasteiger partial charge in [0.25, 0.3) is 0 Å². The quantitative estimate of drug-likeness (QED) is 0.466. The van der Waals surface area contributed by atoms with Gasteiger partial charge in [-0.05, 0) is 29.8 Å². The lowest BCUT2D eigenvalue weighted by Crippen LogP contribution is -2.32. The number of benzene rings is 2. The van der Waals surface area contributed by atoms with Crippen molar-refractivity contribution in [2.45, 2.75) is 0 Å². The van der Waals surface area contributed by atoms with Crippen molar-refractivity contribution < 1.29 is 9.59 Å². The molecule has 0 saturated heterocycles. The van der Waals surface area contributed by atoms with Crippen molar-refractivity contribution in [1.29, 1.82) is 0 Å². The van der Waals surface area contributed by atoms with Crippen LogP contribution in [0.3, 0.4) is 0 Å². The van der Waals surface area contributed by atoms with Crippen LogP contribution in [-0.4, -0.2) is 33.6 Å². The highest BCUT2D eigenvalue weighted by Crippen LogP contribution is 2.30. The third kappa shape index (κ3) is 3.23. The molecule has 2 aromatic carbocycles. The predicted octanol–water partition coefficient (Wildman–Crippen LogP) is 3.36. The molecule has 2 amide bonds. The van der Waals surface area contributed by atoms with Gasteiger partial charge in [-0.15, -0.1) is 0 Å². The van der Waals surface area contributed by atoms with Gasteiger partial charge in [0.05, 0.1) is 22.6 Å². The van der Waals surface area contributed by atoms with Gasteiger partial charge in [-0.3, -0.25) is 9.59 Å². The largest absolute Gasteiger partial charge is 0.359 e. The van der Waals surface area contributed by atoms with Crippen LogP contribution in [0.15, 0.2) is 61.1 Å². The maximum absolute atomic E-state index is 11.9. The van der Waals surface area contributed by atoms with Gasteiger partial charge in [0.2, 0.25) is 0 Å². The number of halogens is 1. The number of likely N-dealkylation sites (N-methyl/N-ethyl adjacent to an activating group) is 1. The number of para-hydroxylation sites is 1. The first-order chi connectivity index (χ1) is 13.6. The molecule has 0 bridgehead atoms. The van der Waals surface area contributed by atoms with Crippen LogP contribution in [0.2, 0.25) is 5.02 Å². The minimum Gasteiger partial charge on any atom is -0.359 e. The molecule has 3 N–H and O–H groups in total. The molecular weight excluding hydrogens is 378 g/mol. The first kappa shape index (κ1) is 17.8. The summed E-state index contributed by atoms with van der Waals surface area (Å²) in [4.78, 5) is 26.4. The molecule has 4 aromatic rings. The molecule has 4 rings (SSSR count). The number of aromatic nitrogens is 3. The summed E-state index contributed by atoms with van der Waals surface area (Å²) in [5.74, 6) is -1.42. The SMILES string of the molecule is CNC(=O)C(=O)Nc1c[nH]c2ccc(-c3cnn(-c4ccccc4Cl)c3)cc12. The number of carbonyl (C=O) groups excluding carboxylic acids is 2. The zero-order chi connectivity index (χ0) is 19.7. The zero-order valence-corrected chi connectivity index (χ0v) is 15.6. The number of anilines is 1. The van der Waals surface area contributed by atoms with E-state index in [1.165, 1.54) is 7.05 Å². The molecule has 0 atom stereocenters. The molecule has 0 saturated carbocycles. The summed E-state index contributed by atoms with van der Waals surface area (Å²) in [5, 5.41) is 10.7. The number of hydrogen-bond acceptors (Lipinski definition) is 3. The van der Waals surface area contributed by atoms with E-state index in [9.17, 15) is 9.59 Å². The normalized spacial score (nSPS) is 10.8. The monoisotopic (exact) mass is 393 g/mol. The summed E-state index contributed by atoms with van der Waals surface area (Å²) in [6.07, 6.45) is 5.29. The predicted molar refractivity (Wildman–Crippen MR) is 109 cm³/mol. The van der Waals surface area contributed by atoms with Crippen molar-refractivity contribution in [1.82, 2.24) is 20.1 Å². The van der Waals surface area contributed by atoms with Crippen LogP contribution in [0.1, 0.15) is 0 Å². The minimum atomic E-state index is -0.722. The van der Waals surface area contributed by atoms with E-state index in [4.69, 9.17) is 11.6 Å². The number of nitrogens with one attached hydrogen (secondary N) is 3. The molecule has 0 spiro atoms. The highest BCUT2D eigenvalue weighted by Gasteiger charge is 2.15. The highest BCUT2D eigenvalue weighted by molar-refractivity contribution is 6.40. The van der Waals surface area contributed by atoms with Crippen molar-refractivity contribution in [3.05, 3.63) is 66.1 Å². The van der Waals surface area contributed by atoms with E-state index >= 15 is 0 Å². The fourth-order valence-electron chi connectivity index (χ4n) is 2.94. The molecule has 2 heterocycles. The molecule has 0 aliphatic rings. The van der Waals surface area contributed by atoms with E-state index < -0.39 is 11.8 Å². The molecular formula is C20H16ClN5O2. The fraction of sp³-hybridized carbons (Fsp3) is 0.0500. The van der Waals surface area contributed by atoms with Crippen LogP contribution in [0.4, 0.5) is 5.69 Å². The second-order valence-corrected chi connectivity index (χ2v) is 6.53. The Bertz CT molecular complexity index is 1190. The molecule has 2 aromatic heterocycles. The summed E-state index contributed by atoms with van der Waals surface area (Å²) < 4.78 is 1.72. The van der Waals surface area contributed by atoms with Gasteiger partial charge >= 0.3 is 11.8 Å². The summed E-state index contributed by atoms with van der Waals surface area (Å²) in [6.45, 7) is 0. The van der Waals surface area contributed by atoms with Crippen LogP contribution in [0.25, 0.3) is 27.7 Å². The lowest BCUT2D eigenvalue weighted by molar-refractivity contribution is -0.135. The Balaban J connectivity index is 1.69. The smallest absolute Gasteiger partial charge is 0.313 e. The Morgan fingerprint density at radius 2 is 1.93 bits per heavy atom. The summed E-state index contributed by atoms with van der Waals surface area (Å²) >= 11 is 6.25. The van der Waals surface area contributed by atoms with Crippen molar-refractivity contribution in [3.63, 3.8) is 0 Å². The molecule has 0 radical (unpaired) electrons. The van der Waals surface area contributed by atoms with Crippen LogP contribution < -0.4 is 10.6 Å². The number of hydrogen-bond donors (Lipinski definition) is 3. The Morgan fingerprint density at radius 1 is 1.11 bits per heavy atom. The molecule has 0 unspecified atom stereocenters. The Kier molecular flexibility index (Phi) is 4.58. The topological polar surface area (TPSA) is 91.8 Å².